The molecule has 0 saturated heterocycles. The molecule has 8 heteroatoms. The second kappa shape index (κ2) is 7.67. The Bertz CT molecular complexity index is 698. The highest BCUT2D eigenvalue weighted by atomic mass is 35.5. The quantitative estimate of drug-likeness (QED) is 0.642. The summed E-state index contributed by atoms with van der Waals surface area (Å²) in [6.07, 6.45) is 1.42. The van der Waals surface area contributed by atoms with E-state index in [1.54, 1.807) is 18.2 Å². The number of carbonyl (C=O) groups excluding carboxylic acids is 1. The third kappa shape index (κ3) is 4.03. The Hall–Kier alpha value is -1.50. The molecule has 0 unspecified atom stereocenters. The summed E-state index contributed by atoms with van der Waals surface area (Å²) in [4.78, 5) is 20.5. The van der Waals surface area contributed by atoms with Crippen molar-refractivity contribution in [3.8, 4) is 5.75 Å². The first kappa shape index (κ1) is 16.9. The molecule has 0 aliphatic rings. The van der Waals surface area contributed by atoms with Crippen LogP contribution in [0.5, 0.6) is 5.75 Å². The van der Waals surface area contributed by atoms with E-state index in [1.165, 1.54) is 25.1 Å². The first-order valence-corrected chi connectivity index (χ1v) is 8.09. The molecule has 5 nitrogen and oxygen atoms in total. The monoisotopic (exact) mass is 357 g/mol. The number of benzene rings is 1. The number of amides is 1. The molecule has 1 heterocycles. The number of hydrogen-bond donors (Lipinski definition) is 1. The maximum Gasteiger partial charge on any atom is 0.275 e. The van der Waals surface area contributed by atoms with Gasteiger partial charge in [-0.25, -0.2) is 9.97 Å². The van der Waals surface area contributed by atoms with Crippen LogP contribution in [0.15, 0.2) is 29.6 Å². The molecule has 0 spiro atoms. The fourth-order valence-electron chi connectivity index (χ4n) is 1.64. The van der Waals surface area contributed by atoms with E-state index >= 15 is 0 Å². The zero-order valence-electron chi connectivity index (χ0n) is 11.9. The number of anilines is 1. The molecular weight excluding hydrogens is 345 g/mol. The molecule has 0 radical (unpaired) electrons. The van der Waals surface area contributed by atoms with Crippen molar-refractivity contribution in [2.24, 2.45) is 0 Å². The topological polar surface area (TPSA) is 64.1 Å². The molecule has 0 aliphatic heterocycles. The maximum absolute atomic E-state index is 12.3. The maximum atomic E-state index is 12.3. The molecule has 2 aromatic rings. The lowest BCUT2D eigenvalue weighted by atomic mass is 10.3. The van der Waals surface area contributed by atoms with Crippen LogP contribution in [0.3, 0.4) is 0 Å². The van der Waals surface area contributed by atoms with Crippen LogP contribution < -0.4 is 10.1 Å². The summed E-state index contributed by atoms with van der Waals surface area (Å²) in [5.74, 6) is 0.907. The third-order valence-electron chi connectivity index (χ3n) is 2.62. The van der Waals surface area contributed by atoms with Gasteiger partial charge in [0.15, 0.2) is 10.9 Å². The van der Waals surface area contributed by atoms with Crippen LogP contribution in [0, 0.1) is 0 Å². The molecule has 1 aromatic heterocycles. The minimum Gasteiger partial charge on any atom is -0.495 e. The van der Waals surface area contributed by atoms with Crippen LogP contribution in [0.4, 0.5) is 5.69 Å². The lowest BCUT2D eigenvalue weighted by Crippen LogP contribution is -2.15. The van der Waals surface area contributed by atoms with Gasteiger partial charge in [-0.15, -0.1) is 0 Å². The molecule has 0 aliphatic carbocycles. The molecule has 2 rings (SSSR count). The van der Waals surface area contributed by atoms with E-state index in [4.69, 9.17) is 27.9 Å². The van der Waals surface area contributed by atoms with Crippen LogP contribution in [0.1, 0.15) is 17.4 Å². The summed E-state index contributed by atoms with van der Waals surface area (Å²) in [5.41, 5.74) is 0.648. The van der Waals surface area contributed by atoms with Gasteiger partial charge in [0.2, 0.25) is 0 Å². The lowest BCUT2D eigenvalue weighted by molar-refractivity contribution is 0.102. The molecule has 1 N–H and O–H groups in total. The minimum atomic E-state index is -0.424. The smallest absolute Gasteiger partial charge is 0.275 e. The molecule has 1 aromatic carbocycles. The highest BCUT2D eigenvalue weighted by Crippen LogP contribution is 2.27. The Labute approximate surface area is 142 Å². The standard InChI is InChI=1S/C14H13Cl2N3O2S/c1-3-22-14-17-7-10(16)12(19-14)13(20)18-8-4-5-11(21-2)9(15)6-8/h4-7H,3H2,1-2H3,(H,18,20). The number of aromatic nitrogens is 2. The Balaban J connectivity index is 2.21. The summed E-state index contributed by atoms with van der Waals surface area (Å²) in [6, 6.07) is 4.94. The van der Waals surface area contributed by atoms with E-state index in [9.17, 15) is 4.79 Å². The Kier molecular flexibility index (Phi) is 5.88. The highest BCUT2D eigenvalue weighted by molar-refractivity contribution is 7.99. The van der Waals surface area contributed by atoms with Gasteiger partial charge in [-0.3, -0.25) is 4.79 Å². The van der Waals surface area contributed by atoms with Gasteiger partial charge in [0.25, 0.3) is 5.91 Å². The summed E-state index contributed by atoms with van der Waals surface area (Å²) >= 11 is 13.5. The Morgan fingerprint density at radius 1 is 1.36 bits per heavy atom. The molecule has 116 valence electrons. The third-order valence-corrected chi connectivity index (χ3v) is 3.94. The van der Waals surface area contributed by atoms with Crippen molar-refractivity contribution in [1.82, 2.24) is 9.97 Å². The van der Waals surface area contributed by atoms with Gasteiger partial charge in [0.1, 0.15) is 5.75 Å². The number of hydrogen-bond acceptors (Lipinski definition) is 5. The first-order chi connectivity index (χ1) is 10.5. The van der Waals surface area contributed by atoms with Crippen molar-refractivity contribution in [2.75, 3.05) is 18.2 Å². The fraction of sp³-hybridized carbons (Fsp3) is 0.214. The van der Waals surface area contributed by atoms with Gasteiger partial charge >= 0.3 is 0 Å². The minimum absolute atomic E-state index is 0.125. The van der Waals surface area contributed by atoms with E-state index in [0.717, 1.165) is 5.75 Å². The van der Waals surface area contributed by atoms with E-state index in [0.29, 0.717) is 21.6 Å². The molecule has 0 atom stereocenters. The normalized spacial score (nSPS) is 10.4. The number of ether oxygens (including phenoxy) is 1. The molecule has 22 heavy (non-hydrogen) atoms. The van der Waals surface area contributed by atoms with Crippen LogP contribution >= 0.6 is 35.0 Å². The first-order valence-electron chi connectivity index (χ1n) is 6.35. The lowest BCUT2D eigenvalue weighted by Gasteiger charge is -2.09. The van der Waals surface area contributed by atoms with Crippen LogP contribution in [-0.2, 0) is 0 Å². The molecule has 0 bridgehead atoms. The van der Waals surface area contributed by atoms with Crippen molar-refractivity contribution in [3.05, 3.63) is 40.1 Å². The van der Waals surface area contributed by atoms with Gasteiger partial charge in [-0.05, 0) is 24.0 Å². The van der Waals surface area contributed by atoms with Gasteiger partial charge in [-0.1, -0.05) is 41.9 Å². The van der Waals surface area contributed by atoms with Gasteiger partial charge in [0, 0.05) is 5.69 Å². The second-order valence-electron chi connectivity index (χ2n) is 4.09. The number of thioether (sulfide) groups is 1. The number of methoxy groups -OCH3 is 1. The average molecular weight is 358 g/mol. The fourth-order valence-corrected chi connectivity index (χ4v) is 2.62. The zero-order valence-corrected chi connectivity index (χ0v) is 14.2. The SMILES string of the molecule is CCSc1ncc(Cl)c(C(=O)Nc2ccc(OC)c(Cl)c2)n1. The molecule has 0 saturated carbocycles. The Morgan fingerprint density at radius 2 is 2.14 bits per heavy atom. The van der Waals surface area contributed by atoms with Crippen LogP contribution in [0.25, 0.3) is 0 Å². The van der Waals surface area contributed by atoms with Crippen LogP contribution in [0.2, 0.25) is 10.0 Å². The number of halogens is 2. The van der Waals surface area contributed by atoms with Crippen LogP contribution in [-0.4, -0.2) is 28.7 Å². The van der Waals surface area contributed by atoms with E-state index in [-0.39, 0.29) is 10.7 Å². The van der Waals surface area contributed by atoms with E-state index < -0.39 is 5.91 Å². The molecular formula is C14H13Cl2N3O2S. The van der Waals surface area contributed by atoms with E-state index in [1.807, 2.05) is 6.92 Å². The number of nitrogens with one attached hydrogen (secondary N) is 1. The number of nitrogens with zero attached hydrogens (tertiary/aromatic N) is 2. The molecule has 1 amide bonds. The van der Waals surface area contributed by atoms with Gasteiger partial charge in [0.05, 0.1) is 23.4 Å². The second-order valence-corrected chi connectivity index (χ2v) is 6.13. The van der Waals surface area contributed by atoms with Gasteiger partial charge < -0.3 is 10.1 Å². The van der Waals surface area contributed by atoms with Crippen molar-refractivity contribution in [3.63, 3.8) is 0 Å². The average Bonchev–Trinajstić information content (AvgIpc) is 2.49. The zero-order chi connectivity index (χ0) is 16.1. The van der Waals surface area contributed by atoms with Crippen molar-refractivity contribution in [1.29, 1.82) is 0 Å². The van der Waals surface area contributed by atoms with Gasteiger partial charge in [-0.2, -0.15) is 0 Å². The summed E-state index contributed by atoms with van der Waals surface area (Å²) in [5, 5.41) is 3.79. The number of rotatable bonds is 5. The highest BCUT2D eigenvalue weighted by Gasteiger charge is 2.15. The molecule has 0 fully saturated rings. The van der Waals surface area contributed by atoms with Crippen molar-refractivity contribution < 1.29 is 9.53 Å². The predicted molar refractivity (Wildman–Crippen MR) is 89.4 cm³/mol. The van der Waals surface area contributed by atoms with E-state index in [2.05, 4.69) is 15.3 Å². The summed E-state index contributed by atoms with van der Waals surface area (Å²) in [7, 11) is 1.52. The summed E-state index contributed by atoms with van der Waals surface area (Å²) < 4.78 is 5.06. The van der Waals surface area contributed by atoms with Crippen molar-refractivity contribution in [2.45, 2.75) is 12.1 Å². The predicted octanol–water partition coefficient (Wildman–Crippen LogP) is 4.16. The number of carbonyl (C=O) groups is 1. The van der Waals surface area contributed by atoms with Crippen molar-refractivity contribution >= 4 is 46.6 Å². The summed E-state index contributed by atoms with van der Waals surface area (Å²) in [6.45, 7) is 1.97. The Morgan fingerprint density at radius 3 is 2.77 bits per heavy atom. The largest absolute Gasteiger partial charge is 0.495 e.